The number of esters is 1. The van der Waals surface area contributed by atoms with Crippen molar-refractivity contribution in [3.63, 3.8) is 0 Å². The Balaban J connectivity index is 3.52. The number of carbonyl (C=O) groups is 1. The second-order valence-corrected chi connectivity index (χ2v) is 16.7. The van der Waals surface area contributed by atoms with Crippen LogP contribution in [0.15, 0.2) is 17.7 Å². The number of ether oxygens (including phenoxy) is 5. The summed E-state index contributed by atoms with van der Waals surface area (Å²) in [6, 6.07) is 1.31. The summed E-state index contributed by atoms with van der Waals surface area (Å²) in [6.07, 6.45) is 2.19. The maximum Gasteiger partial charge on any atom is 0.333 e. The van der Waals surface area contributed by atoms with Gasteiger partial charge in [0.2, 0.25) is 5.75 Å². The number of rotatable bonds is 16. The van der Waals surface area contributed by atoms with Crippen LogP contribution in [0, 0.1) is 22.0 Å². The summed E-state index contributed by atoms with van der Waals surface area (Å²) in [5.74, 6) is 0.259. The highest BCUT2D eigenvalue weighted by Gasteiger charge is 2.42. The summed E-state index contributed by atoms with van der Waals surface area (Å²) in [7, 11) is 3.76. The van der Waals surface area contributed by atoms with Crippen LogP contribution in [-0.2, 0) is 25.1 Å². The first-order chi connectivity index (χ1) is 19.0. The molecule has 0 aliphatic heterocycles. The van der Waals surface area contributed by atoms with Crippen LogP contribution < -0.4 is 14.2 Å². The summed E-state index contributed by atoms with van der Waals surface area (Å²) in [6.45, 7) is 18.8. The van der Waals surface area contributed by atoms with Crippen molar-refractivity contribution in [2.75, 3.05) is 35.0 Å². The highest BCUT2D eigenvalue weighted by atomic mass is 28.4. The van der Waals surface area contributed by atoms with Crippen LogP contribution in [0.4, 0.5) is 5.69 Å². The molecule has 0 bridgehead atoms. The van der Waals surface area contributed by atoms with Crippen LogP contribution in [0.5, 0.6) is 17.2 Å². The summed E-state index contributed by atoms with van der Waals surface area (Å²) in [5.41, 5.74) is 0.878. The van der Waals surface area contributed by atoms with Gasteiger partial charge < -0.3 is 28.1 Å². The lowest BCUT2D eigenvalue weighted by atomic mass is 9.88. The zero-order valence-electron chi connectivity index (χ0n) is 27.2. The van der Waals surface area contributed by atoms with E-state index in [2.05, 4.69) is 33.9 Å². The molecule has 11 heteroatoms. The minimum Gasteiger partial charge on any atom is -0.493 e. The van der Waals surface area contributed by atoms with Gasteiger partial charge in [0, 0.05) is 24.2 Å². The maximum atomic E-state index is 12.4. The number of nitro benzene ring substituents is 1. The first kappa shape index (κ1) is 36.4. The average Bonchev–Trinajstić information content (AvgIpc) is 2.88. The van der Waals surface area contributed by atoms with Crippen molar-refractivity contribution in [3.8, 4) is 17.2 Å². The predicted molar refractivity (Wildman–Crippen MR) is 163 cm³/mol. The molecule has 41 heavy (non-hydrogen) atoms. The third kappa shape index (κ3) is 9.44. The Hall–Kier alpha value is -2.63. The Labute approximate surface area is 247 Å². The fourth-order valence-electron chi connectivity index (χ4n) is 4.62. The van der Waals surface area contributed by atoms with Crippen molar-refractivity contribution in [1.82, 2.24) is 0 Å². The van der Waals surface area contributed by atoms with E-state index in [-0.39, 0.29) is 52.2 Å². The minimum atomic E-state index is -2.25. The predicted octanol–water partition coefficient (Wildman–Crippen LogP) is 6.74. The van der Waals surface area contributed by atoms with Crippen LogP contribution in [0.2, 0.25) is 18.1 Å². The van der Waals surface area contributed by atoms with Gasteiger partial charge >= 0.3 is 11.7 Å². The number of hydrogen-bond acceptors (Lipinski definition) is 9. The number of nitrogens with zero attached hydrogens (tertiary/aromatic N) is 1. The lowest BCUT2D eigenvalue weighted by molar-refractivity contribution is -0.385. The van der Waals surface area contributed by atoms with E-state index in [0.29, 0.717) is 36.3 Å². The molecule has 0 aliphatic carbocycles. The average molecular weight is 598 g/mol. The van der Waals surface area contributed by atoms with Gasteiger partial charge in [-0.05, 0) is 50.7 Å². The molecule has 0 amide bonds. The van der Waals surface area contributed by atoms with Crippen molar-refractivity contribution < 1.29 is 37.8 Å². The van der Waals surface area contributed by atoms with Crippen LogP contribution in [-0.4, -0.2) is 66.5 Å². The van der Waals surface area contributed by atoms with Crippen LogP contribution >= 0.6 is 0 Å². The molecular formula is C30H51NO9Si. The molecule has 1 aromatic rings. The fraction of sp³-hybridized carbons (Fsp3) is 0.700. The van der Waals surface area contributed by atoms with Crippen molar-refractivity contribution in [1.29, 1.82) is 0 Å². The maximum absolute atomic E-state index is 12.4. The number of carbonyl (C=O) groups excluding carboxylic acids is 1. The van der Waals surface area contributed by atoms with E-state index in [4.69, 9.17) is 28.1 Å². The van der Waals surface area contributed by atoms with Gasteiger partial charge in [0.05, 0.1) is 51.1 Å². The minimum absolute atomic E-state index is 0.0256. The molecule has 0 unspecified atom stereocenters. The molecule has 0 radical (unpaired) electrons. The fourth-order valence-corrected chi connectivity index (χ4v) is 6.02. The summed E-state index contributed by atoms with van der Waals surface area (Å²) in [5, 5.41) is 11.8. The topological polar surface area (TPSA) is 116 Å². The third-order valence-electron chi connectivity index (χ3n) is 7.82. The van der Waals surface area contributed by atoms with Gasteiger partial charge in [0.15, 0.2) is 19.8 Å². The molecular weight excluding hydrogens is 546 g/mol. The van der Waals surface area contributed by atoms with Gasteiger partial charge in [-0.15, -0.1) is 0 Å². The molecule has 0 saturated carbocycles. The molecule has 0 N–H and O–H groups in total. The van der Waals surface area contributed by atoms with Crippen molar-refractivity contribution in [2.45, 2.75) is 91.6 Å². The summed E-state index contributed by atoms with van der Waals surface area (Å²) >= 11 is 0. The largest absolute Gasteiger partial charge is 0.493 e. The summed E-state index contributed by atoms with van der Waals surface area (Å²) < 4.78 is 34.7. The molecule has 0 aromatic heterocycles. The van der Waals surface area contributed by atoms with E-state index >= 15 is 0 Å². The Kier molecular flexibility index (Phi) is 13.8. The van der Waals surface area contributed by atoms with Gasteiger partial charge in [0.25, 0.3) is 0 Å². The van der Waals surface area contributed by atoms with Crippen molar-refractivity contribution in [3.05, 3.63) is 33.4 Å². The number of nitro groups is 1. The quantitative estimate of drug-likeness (QED) is 0.0671. The second-order valence-electron chi connectivity index (χ2n) is 12.0. The van der Waals surface area contributed by atoms with Crippen LogP contribution in [0.25, 0.3) is 0 Å². The Morgan fingerprint density at radius 1 is 1.07 bits per heavy atom. The molecule has 1 aromatic carbocycles. The normalized spacial score (nSPS) is 15.5. The van der Waals surface area contributed by atoms with Crippen molar-refractivity contribution >= 4 is 20.0 Å². The van der Waals surface area contributed by atoms with E-state index in [1.54, 1.807) is 21.0 Å². The molecule has 4 atom stereocenters. The first-order valence-corrected chi connectivity index (χ1v) is 16.9. The van der Waals surface area contributed by atoms with E-state index < -0.39 is 13.2 Å². The first-order valence-electron chi connectivity index (χ1n) is 14.0. The van der Waals surface area contributed by atoms with Crippen LogP contribution in [0.1, 0.15) is 60.5 Å². The monoisotopic (exact) mass is 597 g/mol. The number of benzene rings is 1. The molecule has 1 rings (SSSR count). The lowest BCUT2D eigenvalue weighted by Gasteiger charge is -2.43. The molecule has 234 valence electrons. The lowest BCUT2D eigenvalue weighted by Crippen LogP contribution is -2.49. The van der Waals surface area contributed by atoms with Gasteiger partial charge in [-0.2, -0.15) is 0 Å². The van der Waals surface area contributed by atoms with E-state index in [1.165, 1.54) is 27.4 Å². The van der Waals surface area contributed by atoms with Gasteiger partial charge in [-0.3, -0.25) is 10.1 Å². The van der Waals surface area contributed by atoms with Gasteiger partial charge in [-0.1, -0.05) is 40.7 Å². The SMILES string of the molecule is CCOC(=O)/C(C)=C/[C@H](C)[C@@H](O[Si](C)(C)C(C)(C)C)[C@H](C[C@H](C)Cc1c(OC)c(OC)cc([N+](=O)[O-])c1OC)OC. The zero-order valence-corrected chi connectivity index (χ0v) is 28.2. The third-order valence-corrected chi connectivity index (χ3v) is 12.3. The molecule has 0 spiro atoms. The molecule has 0 aliphatic rings. The van der Waals surface area contributed by atoms with E-state index in [0.717, 1.165) is 0 Å². The molecule has 0 heterocycles. The molecule has 10 nitrogen and oxygen atoms in total. The Bertz CT molecular complexity index is 1070. The molecule has 0 saturated heterocycles. The van der Waals surface area contributed by atoms with E-state index in [1.807, 2.05) is 19.9 Å². The highest BCUT2D eigenvalue weighted by Crippen LogP contribution is 2.46. The standard InChI is InChI=1S/C30H51NO9Si/c1-14-39-29(32)21(4)17-20(3)26(40-41(12,13)30(5,6)7)24(35-8)16-19(2)15-22-27(37-10)23(31(33)34)18-25(36-9)28(22)38-11/h17-20,24,26H,14-16H2,1-13H3/b21-17+/t19-,20+,24+,26-/m1/s1. The Morgan fingerprint density at radius 2 is 1.66 bits per heavy atom. The number of hydrogen-bond donors (Lipinski definition) is 0. The molecule has 0 fully saturated rings. The van der Waals surface area contributed by atoms with E-state index in [9.17, 15) is 14.9 Å². The second kappa shape index (κ2) is 15.6. The smallest absolute Gasteiger partial charge is 0.333 e. The highest BCUT2D eigenvalue weighted by molar-refractivity contribution is 6.74. The Morgan fingerprint density at radius 3 is 2.10 bits per heavy atom. The van der Waals surface area contributed by atoms with Gasteiger partial charge in [0.1, 0.15) is 0 Å². The van der Waals surface area contributed by atoms with Gasteiger partial charge in [-0.25, -0.2) is 4.79 Å². The summed E-state index contributed by atoms with van der Waals surface area (Å²) in [4.78, 5) is 23.7. The zero-order chi connectivity index (χ0) is 31.7. The number of methoxy groups -OCH3 is 4. The van der Waals surface area contributed by atoms with Crippen LogP contribution in [0.3, 0.4) is 0 Å². The van der Waals surface area contributed by atoms with Crippen molar-refractivity contribution in [2.24, 2.45) is 11.8 Å².